The second-order valence-corrected chi connectivity index (χ2v) is 7.21. The van der Waals surface area contributed by atoms with Crippen LogP contribution in [-0.2, 0) is 20.9 Å². The van der Waals surface area contributed by atoms with Gasteiger partial charge in [0, 0.05) is 6.42 Å². The molecule has 0 aromatic heterocycles. The predicted octanol–water partition coefficient (Wildman–Crippen LogP) is 3.01. The summed E-state index contributed by atoms with van der Waals surface area (Å²) in [7, 11) is 0. The average molecular weight is 353 g/mol. The first-order valence-electron chi connectivity index (χ1n) is 8.14. The topological polar surface area (TPSA) is 76.1 Å². The van der Waals surface area contributed by atoms with Crippen molar-refractivity contribution in [1.29, 1.82) is 0 Å². The molecule has 2 atom stereocenters. The van der Waals surface area contributed by atoms with E-state index in [4.69, 9.17) is 9.47 Å². The fourth-order valence-electron chi connectivity index (χ4n) is 2.79. The molecule has 2 rings (SSSR count). The van der Waals surface area contributed by atoms with Gasteiger partial charge in [-0.15, -0.1) is 0 Å². The Balaban J connectivity index is 2.14. The largest absolute Gasteiger partial charge is 0.479 e. The molecule has 0 aliphatic carbocycles. The Kier molecular flexibility index (Phi) is 5.67. The van der Waals surface area contributed by atoms with Gasteiger partial charge in [0.2, 0.25) is 0 Å². The molecular weight excluding hydrogens is 329 g/mol. The first-order chi connectivity index (χ1) is 11.6. The van der Waals surface area contributed by atoms with Gasteiger partial charge in [0.1, 0.15) is 11.8 Å². The van der Waals surface area contributed by atoms with E-state index in [0.717, 1.165) is 10.5 Å². The summed E-state index contributed by atoms with van der Waals surface area (Å²) in [6.45, 7) is 4.55. The molecule has 1 saturated heterocycles. The fraction of sp³-hybridized carbons (Fsp3) is 0.556. The van der Waals surface area contributed by atoms with E-state index in [0.29, 0.717) is 0 Å². The van der Waals surface area contributed by atoms with Crippen molar-refractivity contribution in [2.45, 2.75) is 51.1 Å². The number of likely N-dealkylation sites (tertiary alicyclic amines) is 1. The Morgan fingerprint density at radius 3 is 2.52 bits per heavy atom. The number of carbonyl (C=O) groups is 2. The maximum Gasteiger partial charge on any atom is 0.411 e. The number of hydrogen-bond donors (Lipinski definition) is 1. The standard InChI is InChI=1S/C18H24FNO5/c1-17(2,3)25-16(23)20-10-14(19)9-18(20,15(21)22)12-24-11-13-7-5-4-6-8-13/h4-8,14H,9-12H2,1-3H3,(H,21,22)/t14-,18+/m1/s1. The fourth-order valence-corrected chi connectivity index (χ4v) is 2.79. The van der Waals surface area contributed by atoms with Crippen molar-refractivity contribution in [2.75, 3.05) is 13.2 Å². The Morgan fingerprint density at radius 2 is 1.96 bits per heavy atom. The minimum atomic E-state index is -1.77. The van der Waals surface area contributed by atoms with E-state index in [1.807, 2.05) is 30.3 Å². The van der Waals surface area contributed by atoms with E-state index in [1.54, 1.807) is 20.8 Å². The molecule has 6 nitrogen and oxygen atoms in total. The van der Waals surface area contributed by atoms with Crippen LogP contribution in [0.4, 0.5) is 9.18 Å². The molecule has 1 aromatic carbocycles. The third-order valence-corrected chi connectivity index (χ3v) is 3.92. The van der Waals surface area contributed by atoms with Gasteiger partial charge in [0.05, 0.1) is 19.8 Å². The van der Waals surface area contributed by atoms with Gasteiger partial charge in [-0.1, -0.05) is 30.3 Å². The van der Waals surface area contributed by atoms with Crippen LogP contribution in [-0.4, -0.2) is 52.5 Å². The lowest BCUT2D eigenvalue weighted by molar-refractivity contribution is -0.154. The number of nitrogens with zero attached hydrogens (tertiary/aromatic N) is 1. The second-order valence-electron chi connectivity index (χ2n) is 7.21. The SMILES string of the molecule is CC(C)(C)OC(=O)N1C[C@H](F)C[C@]1(COCc1ccccc1)C(=O)O. The van der Waals surface area contributed by atoms with Crippen LogP contribution < -0.4 is 0 Å². The molecule has 1 fully saturated rings. The van der Waals surface area contributed by atoms with E-state index in [-0.39, 0.29) is 26.2 Å². The average Bonchev–Trinajstić information content (AvgIpc) is 2.85. The first-order valence-corrected chi connectivity index (χ1v) is 8.14. The summed E-state index contributed by atoms with van der Waals surface area (Å²) in [4.78, 5) is 25.2. The van der Waals surface area contributed by atoms with E-state index < -0.39 is 29.4 Å². The summed E-state index contributed by atoms with van der Waals surface area (Å²) in [5, 5.41) is 9.70. The van der Waals surface area contributed by atoms with Gasteiger partial charge in [-0.2, -0.15) is 0 Å². The van der Waals surface area contributed by atoms with Gasteiger partial charge in [-0.3, -0.25) is 4.90 Å². The molecule has 0 unspecified atom stereocenters. The summed E-state index contributed by atoms with van der Waals surface area (Å²) >= 11 is 0. The molecule has 1 aromatic rings. The highest BCUT2D eigenvalue weighted by molar-refractivity contribution is 5.85. The van der Waals surface area contributed by atoms with E-state index >= 15 is 0 Å². The normalized spacial score (nSPS) is 23.5. The zero-order valence-corrected chi connectivity index (χ0v) is 14.7. The molecule has 0 saturated carbocycles. The number of carboxylic acids is 1. The molecule has 1 amide bonds. The van der Waals surface area contributed by atoms with Crippen LogP contribution in [0.3, 0.4) is 0 Å². The summed E-state index contributed by atoms with van der Waals surface area (Å²) in [6.07, 6.45) is -2.61. The molecule has 0 bridgehead atoms. The van der Waals surface area contributed by atoms with Crippen molar-refractivity contribution >= 4 is 12.1 Å². The molecule has 1 aliphatic heterocycles. The van der Waals surface area contributed by atoms with Crippen molar-refractivity contribution in [3.05, 3.63) is 35.9 Å². The Hall–Kier alpha value is -2.15. The van der Waals surface area contributed by atoms with E-state index in [2.05, 4.69) is 0 Å². The number of rotatable bonds is 5. The minimum Gasteiger partial charge on any atom is -0.479 e. The molecule has 0 spiro atoms. The molecule has 1 N–H and O–H groups in total. The Bertz CT molecular complexity index is 616. The van der Waals surface area contributed by atoms with Gasteiger partial charge in [-0.05, 0) is 26.3 Å². The zero-order valence-electron chi connectivity index (χ0n) is 14.7. The van der Waals surface area contributed by atoms with Crippen molar-refractivity contribution < 1.29 is 28.6 Å². The number of hydrogen-bond acceptors (Lipinski definition) is 4. The lowest BCUT2D eigenvalue weighted by Gasteiger charge is -2.35. The number of benzene rings is 1. The van der Waals surface area contributed by atoms with Gasteiger partial charge in [0.25, 0.3) is 0 Å². The highest BCUT2D eigenvalue weighted by atomic mass is 19.1. The maximum atomic E-state index is 14.0. The first kappa shape index (κ1) is 19.2. The molecule has 1 heterocycles. The number of ether oxygens (including phenoxy) is 2. The smallest absolute Gasteiger partial charge is 0.411 e. The molecule has 7 heteroatoms. The molecule has 25 heavy (non-hydrogen) atoms. The van der Waals surface area contributed by atoms with Crippen LogP contribution in [0.2, 0.25) is 0 Å². The van der Waals surface area contributed by atoms with Crippen LogP contribution in [0.25, 0.3) is 0 Å². The molecule has 1 aliphatic rings. The number of halogens is 1. The monoisotopic (exact) mass is 353 g/mol. The number of carboxylic acid groups (broad SMARTS) is 1. The van der Waals surface area contributed by atoms with Gasteiger partial charge in [0.15, 0.2) is 5.54 Å². The summed E-state index contributed by atoms with van der Waals surface area (Å²) in [6, 6.07) is 9.21. The van der Waals surface area contributed by atoms with Gasteiger partial charge in [-0.25, -0.2) is 14.0 Å². The predicted molar refractivity (Wildman–Crippen MR) is 88.9 cm³/mol. The van der Waals surface area contributed by atoms with Crippen LogP contribution in [0.1, 0.15) is 32.8 Å². The minimum absolute atomic E-state index is 0.176. The van der Waals surface area contributed by atoms with Crippen molar-refractivity contribution in [3.8, 4) is 0 Å². The number of carbonyl (C=O) groups excluding carboxylic acids is 1. The van der Waals surface area contributed by atoms with Crippen LogP contribution in [0.5, 0.6) is 0 Å². The van der Waals surface area contributed by atoms with Crippen molar-refractivity contribution in [1.82, 2.24) is 4.90 Å². The quantitative estimate of drug-likeness (QED) is 0.881. The number of aliphatic carboxylic acids is 1. The third-order valence-electron chi connectivity index (χ3n) is 3.92. The molecular formula is C18H24FNO5. The maximum absolute atomic E-state index is 14.0. The number of alkyl halides is 1. The number of amides is 1. The highest BCUT2D eigenvalue weighted by Gasteiger charge is 2.55. The highest BCUT2D eigenvalue weighted by Crippen LogP contribution is 2.34. The lowest BCUT2D eigenvalue weighted by atomic mass is 9.97. The van der Waals surface area contributed by atoms with E-state index in [9.17, 15) is 19.1 Å². The molecule has 138 valence electrons. The van der Waals surface area contributed by atoms with Gasteiger partial charge < -0.3 is 14.6 Å². The summed E-state index contributed by atoms with van der Waals surface area (Å²) < 4.78 is 24.8. The third kappa shape index (κ3) is 4.69. The van der Waals surface area contributed by atoms with Crippen LogP contribution in [0, 0.1) is 0 Å². The van der Waals surface area contributed by atoms with Crippen molar-refractivity contribution in [3.63, 3.8) is 0 Å². The second kappa shape index (κ2) is 7.39. The zero-order chi connectivity index (χ0) is 18.7. The molecule has 0 radical (unpaired) electrons. The van der Waals surface area contributed by atoms with Gasteiger partial charge >= 0.3 is 12.1 Å². The summed E-state index contributed by atoms with van der Waals surface area (Å²) in [5.41, 5.74) is -1.71. The Morgan fingerprint density at radius 1 is 1.32 bits per heavy atom. The Labute approximate surface area is 146 Å². The van der Waals surface area contributed by atoms with Crippen molar-refractivity contribution in [2.24, 2.45) is 0 Å². The van der Waals surface area contributed by atoms with Crippen LogP contribution in [0.15, 0.2) is 30.3 Å². The van der Waals surface area contributed by atoms with E-state index in [1.165, 1.54) is 0 Å². The lowest BCUT2D eigenvalue weighted by Crippen LogP contribution is -2.57. The summed E-state index contributed by atoms with van der Waals surface area (Å²) in [5.74, 6) is -1.30. The van der Waals surface area contributed by atoms with Crippen LogP contribution >= 0.6 is 0 Å².